The molecule has 2 aromatic carbocycles. The van der Waals surface area contributed by atoms with Gasteiger partial charge in [0.2, 0.25) is 0 Å². The molecule has 0 unspecified atom stereocenters. The number of nitro benzene ring substituents is 1. The Balaban J connectivity index is 1.51. The number of hydrogen-bond donors (Lipinski definition) is 2. The lowest BCUT2D eigenvalue weighted by molar-refractivity contribution is -0.384. The Morgan fingerprint density at radius 2 is 1.66 bits per heavy atom. The Morgan fingerprint density at radius 3 is 2.31 bits per heavy atom. The molecule has 2 N–H and O–H groups in total. The standard InChI is InChI=1S/C19H16FN5O4/c20-16-4-2-1-3-15(16)18(26)21-10-11-22-19(27)17-9-12-24(23-17)13-5-7-14(8-6-13)25(28)29/h1-9,12H,10-11H2,(H,21,26)(H,22,27). The minimum atomic E-state index is -0.620. The van der Waals surface area contributed by atoms with E-state index < -0.39 is 22.6 Å². The molecular formula is C19H16FN5O4. The summed E-state index contributed by atoms with van der Waals surface area (Å²) in [7, 11) is 0. The predicted octanol–water partition coefficient (Wildman–Crippen LogP) is 2.08. The molecule has 0 fully saturated rings. The largest absolute Gasteiger partial charge is 0.350 e. The first-order chi connectivity index (χ1) is 14.0. The Hall–Kier alpha value is -4.08. The number of nitrogens with zero attached hydrogens (tertiary/aromatic N) is 3. The molecule has 0 bridgehead atoms. The van der Waals surface area contributed by atoms with Gasteiger partial charge in [-0.25, -0.2) is 9.07 Å². The summed E-state index contributed by atoms with van der Waals surface area (Å²) in [6.45, 7) is 0.241. The first-order valence-corrected chi connectivity index (χ1v) is 8.57. The molecule has 0 atom stereocenters. The molecule has 0 saturated heterocycles. The summed E-state index contributed by atoms with van der Waals surface area (Å²) in [4.78, 5) is 34.2. The van der Waals surface area contributed by atoms with Crippen molar-refractivity contribution in [3.05, 3.63) is 88.0 Å². The van der Waals surface area contributed by atoms with E-state index in [2.05, 4.69) is 15.7 Å². The molecule has 0 spiro atoms. The first-order valence-electron chi connectivity index (χ1n) is 8.57. The number of nitrogens with one attached hydrogen (secondary N) is 2. The van der Waals surface area contributed by atoms with Crippen molar-refractivity contribution in [1.82, 2.24) is 20.4 Å². The number of halogens is 1. The Labute approximate surface area is 164 Å². The highest BCUT2D eigenvalue weighted by molar-refractivity contribution is 5.94. The molecule has 2 amide bonds. The topological polar surface area (TPSA) is 119 Å². The summed E-state index contributed by atoms with van der Waals surface area (Å²) in [6, 6.07) is 12.8. The zero-order valence-electron chi connectivity index (χ0n) is 15.0. The predicted molar refractivity (Wildman–Crippen MR) is 101 cm³/mol. The molecular weight excluding hydrogens is 381 g/mol. The van der Waals surface area contributed by atoms with E-state index in [4.69, 9.17) is 0 Å². The Bertz CT molecular complexity index is 1050. The van der Waals surface area contributed by atoms with Crippen LogP contribution in [0.3, 0.4) is 0 Å². The van der Waals surface area contributed by atoms with Crippen molar-refractivity contribution >= 4 is 17.5 Å². The van der Waals surface area contributed by atoms with Crippen LogP contribution in [0.15, 0.2) is 60.8 Å². The minimum Gasteiger partial charge on any atom is -0.350 e. The summed E-state index contributed by atoms with van der Waals surface area (Å²) >= 11 is 0. The minimum absolute atomic E-state index is 0.0451. The zero-order chi connectivity index (χ0) is 20.8. The van der Waals surface area contributed by atoms with Crippen molar-refractivity contribution in [3.63, 3.8) is 0 Å². The van der Waals surface area contributed by atoms with Crippen LogP contribution >= 0.6 is 0 Å². The van der Waals surface area contributed by atoms with Gasteiger partial charge in [-0.15, -0.1) is 0 Å². The summed E-state index contributed by atoms with van der Waals surface area (Å²) in [5.74, 6) is -1.64. The number of carbonyl (C=O) groups excluding carboxylic acids is 2. The summed E-state index contributed by atoms with van der Waals surface area (Å²) < 4.78 is 14.9. The highest BCUT2D eigenvalue weighted by Crippen LogP contribution is 2.15. The van der Waals surface area contributed by atoms with Gasteiger partial charge in [-0.1, -0.05) is 12.1 Å². The highest BCUT2D eigenvalue weighted by atomic mass is 19.1. The van der Waals surface area contributed by atoms with E-state index in [0.29, 0.717) is 5.69 Å². The van der Waals surface area contributed by atoms with E-state index >= 15 is 0 Å². The number of non-ortho nitro benzene ring substituents is 1. The van der Waals surface area contributed by atoms with Gasteiger partial charge in [0.25, 0.3) is 17.5 Å². The molecule has 148 valence electrons. The summed E-state index contributed by atoms with van der Waals surface area (Å²) in [5, 5.41) is 19.9. The van der Waals surface area contributed by atoms with Crippen molar-refractivity contribution in [2.24, 2.45) is 0 Å². The lowest BCUT2D eigenvalue weighted by Gasteiger charge is -2.07. The van der Waals surface area contributed by atoms with Crippen molar-refractivity contribution < 1.29 is 18.9 Å². The van der Waals surface area contributed by atoms with E-state index in [1.807, 2.05) is 0 Å². The lowest BCUT2D eigenvalue weighted by Crippen LogP contribution is -2.35. The van der Waals surface area contributed by atoms with Gasteiger partial charge >= 0.3 is 0 Å². The third-order valence-corrected chi connectivity index (χ3v) is 3.96. The molecule has 29 heavy (non-hydrogen) atoms. The SMILES string of the molecule is O=C(NCCNC(=O)c1ccccc1F)c1ccn(-c2ccc([N+](=O)[O-])cc2)n1. The molecule has 10 heteroatoms. The van der Waals surface area contributed by atoms with Gasteiger partial charge in [0.05, 0.1) is 16.2 Å². The fraction of sp³-hybridized carbons (Fsp3) is 0.105. The maximum absolute atomic E-state index is 13.5. The maximum atomic E-state index is 13.5. The summed E-state index contributed by atoms with van der Waals surface area (Å²) in [5.41, 5.74) is 0.590. The molecule has 1 heterocycles. The van der Waals surface area contributed by atoms with Gasteiger partial charge in [-0.2, -0.15) is 5.10 Å². The van der Waals surface area contributed by atoms with E-state index in [0.717, 1.165) is 0 Å². The van der Waals surface area contributed by atoms with Gasteiger partial charge in [0, 0.05) is 31.4 Å². The molecule has 0 aliphatic carbocycles. The average molecular weight is 397 g/mol. The number of aromatic nitrogens is 2. The van der Waals surface area contributed by atoms with Crippen LogP contribution in [0.25, 0.3) is 5.69 Å². The molecule has 1 aromatic heterocycles. The van der Waals surface area contributed by atoms with Gasteiger partial charge in [-0.05, 0) is 30.3 Å². The van der Waals surface area contributed by atoms with Crippen LogP contribution in [0.2, 0.25) is 0 Å². The van der Waals surface area contributed by atoms with Crippen LogP contribution in [-0.2, 0) is 0 Å². The lowest BCUT2D eigenvalue weighted by atomic mass is 10.2. The average Bonchev–Trinajstić information content (AvgIpc) is 3.21. The van der Waals surface area contributed by atoms with Crippen LogP contribution in [0.5, 0.6) is 0 Å². The van der Waals surface area contributed by atoms with Crippen LogP contribution in [0, 0.1) is 15.9 Å². The Morgan fingerprint density at radius 1 is 1.00 bits per heavy atom. The fourth-order valence-electron chi connectivity index (χ4n) is 2.50. The second-order valence-corrected chi connectivity index (χ2v) is 5.91. The van der Waals surface area contributed by atoms with E-state index in [1.165, 1.54) is 53.2 Å². The number of carbonyl (C=O) groups is 2. The second-order valence-electron chi connectivity index (χ2n) is 5.91. The van der Waals surface area contributed by atoms with Crippen molar-refractivity contribution in [2.75, 3.05) is 13.1 Å². The monoisotopic (exact) mass is 397 g/mol. The fourth-order valence-corrected chi connectivity index (χ4v) is 2.50. The van der Waals surface area contributed by atoms with Crippen molar-refractivity contribution in [2.45, 2.75) is 0 Å². The highest BCUT2D eigenvalue weighted by Gasteiger charge is 2.12. The van der Waals surface area contributed by atoms with E-state index in [1.54, 1.807) is 12.3 Å². The van der Waals surface area contributed by atoms with E-state index in [9.17, 15) is 24.1 Å². The van der Waals surface area contributed by atoms with Crippen LogP contribution in [0.1, 0.15) is 20.8 Å². The third kappa shape index (κ3) is 4.80. The molecule has 3 aromatic rings. The van der Waals surface area contributed by atoms with Crippen molar-refractivity contribution in [1.29, 1.82) is 0 Å². The van der Waals surface area contributed by atoms with Gasteiger partial charge < -0.3 is 10.6 Å². The van der Waals surface area contributed by atoms with Gasteiger partial charge in [-0.3, -0.25) is 19.7 Å². The van der Waals surface area contributed by atoms with Gasteiger partial charge in [0.15, 0.2) is 5.69 Å². The molecule has 0 radical (unpaired) electrons. The molecule has 0 aliphatic heterocycles. The quantitative estimate of drug-likeness (QED) is 0.359. The smallest absolute Gasteiger partial charge is 0.271 e. The van der Waals surface area contributed by atoms with Crippen LogP contribution in [-0.4, -0.2) is 39.6 Å². The zero-order valence-corrected chi connectivity index (χ0v) is 15.0. The van der Waals surface area contributed by atoms with Crippen LogP contribution in [0.4, 0.5) is 10.1 Å². The number of amides is 2. The molecule has 0 aliphatic rings. The number of benzene rings is 2. The molecule has 3 rings (SSSR count). The maximum Gasteiger partial charge on any atom is 0.271 e. The number of nitro groups is 1. The van der Waals surface area contributed by atoms with Crippen LogP contribution < -0.4 is 10.6 Å². The Kier molecular flexibility index (Phi) is 5.93. The second kappa shape index (κ2) is 8.74. The summed E-state index contributed by atoms with van der Waals surface area (Å²) in [6.07, 6.45) is 1.55. The molecule has 9 nitrogen and oxygen atoms in total. The third-order valence-electron chi connectivity index (χ3n) is 3.96. The first kappa shape index (κ1) is 19.7. The van der Waals surface area contributed by atoms with Crippen molar-refractivity contribution in [3.8, 4) is 5.69 Å². The van der Waals surface area contributed by atoms with E-state index in [-0.39, 0.29) is 30.0 Å². The molecule has 0 saturated carbocycles. The van der Waals surface area contributed by atoms with Gasteiger partial charge in [0.1, 0.15) is 5.82 Å². The number of hydrogen-bond acceptors (Lipinski definition) is 5. The normalized spacial score (nSPS) is 10.4. The number of rotatable bonds is 7.